The van der Waals surface area contributed by atoms with Gasteiger partial charge in [-0.3, -0.25) is 9.58 Å². The third-order valence-corrected chi connectivity index (χ3v) is 3.41. The highest BCUT2D eigenvalue weighted by Crippen LogP contribution is 2.20. The van der Waals surface area contributed by atoms with Crippen LogP contribution in [0.5, 0.6) is 0 Å². The van der Waals surface area contributed by atoms with Crippen molar-refractivity contribution in [3.05, 3.63) is 11.9 Å². The zero-order chi connectivity index (χ0) is 12.3. The molecular weight excluding hydrogens is 218 g/mol. The number of methoxy groups -OCH3 is 1. The summed E-state index contributed by atoms with van der Waals surface area (Å²) in [4.78, 5) is 2.37. The molecule has 0 bridgehead atoms. The van der Waals surface area contributed by atoms with Crippen LogP contribution in [-0.4, -0.2) is 52.2 Å². The number of hydrogen-bond donors (Lipinski definition) is 1. The molecule has 1 fully saturated rings. The maximum Gasteiger partial charge on any atom is 0.0967 e. The van der Waals surface area contributed by atoms with Crippen molar-refractivity contribution in [2.24, 2.45) is 12.8 Å². The van der Waals surface area contributed by atoms with E-state index < -0.39 is 0 Å². The number of piperidine rings is 1. The maximum atomic E-state index is 5.83. The van der Waals surface area contributed by atoms with Crippen LogP contribution in [0.15, 0.2) is 6.20 Å². The van der Waals surface area contributed by atoms with Gasteiger partial charge in [-0.05, 0) is 12.8 Å². The Bertz CT molecular complexity index is 353. The molecule has 2 unspecified atom stereocenters. The van der Waals surface area contributed by atoms with Gasteiger partial charge in [-0.1, -0.05) is 5.21 Å². The molecule has 1 aliphatic rings. The lowest BCUT2D eigenvalue weighted by atomic mass is 9.99. The minimum Gasteiger partial charge on any atom is -0.381 e. The molecule has 1 aromatic rings. The Morgan fingerprint density at radius 3 is 3.00 bits per heavy atom. The van der Waals surface area contributed by atoms with Crippen LogP contribution in [0, 0.1) is 0 Å². The predicted molar refractivity (Wildman–Crippen MR) is 64.3 cm³/mol. The second kappa shape index (κ2) is 5.57. The predicted octanol–water partition coefficient (Wildman–Crippen LogP) is -0.247. The molecule has 1 aliphatic heterocycles. The minimum atomic E-state index is 0.349. The van der Waals surface area contributed by atoms with Crippen LogP contribution < -0.4 is 5.73 Å². The summed E-state index contributed by atoms with van der Waals surface area (Å²) in [6.07, 6.45) is 4.37. The number of rotatable bonds is 4. The van der Waals surface area contributed by atoms with Gasteiger partial charge in [-0.2, -0.15) is 0 Å². The molecule has 96 valence electrons. The van der Waals surface area contributed by atoms with E-state index in [0.717, 1.165) is 31.6 Å². The fourth-order valence-electron chi connectivity index (χ4n) is 2.41. The van der Waals surface area contributed by atoms with Crippen molar-refractivity contribution in [2.45, 2.75) is 31.5 Å². The van der Waals surface area contributed by atoms with E-state index in [9.17, 15) is 0 Å². The summed E-state index contributed by atoms with van der Waals surface area (Å²) < 4.78 is 7.14. The zero-order valence-electron chi connectivity index (χ0n) is 10.5. The molecule has 6 nitrogen and oxygen atoms in total. The van der Waals surface area contributed by atoms with E-state index in [1.54, 1.807) is 11.8 Å². The first-order chi connectivity index (χ1) is 8.22. The number of nitrogens with zero attached hydrogens (tertiary/aromatic N) is 4. The number of aromatic nitrogens is 3. The highest BCUT2D eigenvalue weighted by molar-refractivity contribution is 4.94. The van der Waals surface area contributed by atoms with Crippen molar-refractivity contribution >= 4 is 0 Å². The summed E-state index contributed by atoms with van der Waals surface area (Å²) in [6, 6.07) is 0.385. The number of ether oxygens (including phenoxy) is 1. The maximum absolute atomic E-state index is 5.83. The first kappa shape index (κ1) is 12.5. The Balaban J connectivity index is 1.95. The minimum absolute atomic E-state index is 0.349. The average Bonchev–Trinajstić information content (AvgIpc) is 2.75. The molecule has 0 amide bonds. The van der Waals surface area contributed by atoms with E-state index in [-0.39, 0.29) is 0 Å². The fraction of sp³-hybridized carbons (Fsp3) is 0.818. The fourth-order valence-corrected chi connectivity index (χ4v) is 2.41. The third-order valence-electron chi connectivity index (χ3n) is 3.41. The van der Waals surface area contributed by atoms with Gasteiger partial charge in [-0.15, -0.1) is 5.10 Å². The van der Waals surface area contributed by atoms with Gasteiger partial charge in [0.15, 0.2) is 0 Å². The molecule has 0 aromatic carbocycles. The molecule has 1 saturated heterocycles. The lowest BCUT2D eigenvalue weighted by Crippen LogP contribution is -2.48. The van der Waals surface area contributed by atoms with Crippen molar-refractivity contribution in [1.82, 2.24) is 19.9 Å². The largest absolute Gasteiger partial charge is 0.381 e. The van der Waals surface area contributed by atoms with Crippen LogP contribution in [0.2, 0.25) is 0 Å². The summed E-state index contributed by atoms with van der Waals surface area (Å²) in [6.45, 7) is 2.50. The summed E-state index contributed by atoms with van der Waals surface area (Å²) in [5.74, 6) is 0. The van der Waals surface area contributed by atoms with Gasteiger partial charge < -0.3 is 10.5 Å². The molecule has 2 heterocycles. The lowest BCUT2D eigenvalue weighted by Gasteiger charge is -2.37. The number of likely N-dealkylation sites (tertiary alicyclic amines) is 1. The van der Waals surface area contributed by atoms with E-state index in [0.29, 0.717) is 18.7 Å². The SMILES string of the molecule is COC1CCN(Cc2cn(C)nn2)C(CN)C1. The Kier molecular flexibility index (Phi) is 4.09. The summed E-state index contributed by atoms with van der Waals surface area (Å²) in [7, 11) is 3.66. The Hall–Kier alpha value is -0.980. The quantitative estimate of drug-likeness (QED) is 0.785. The summed E-state index contributed by atoms with van der Waals surface area (Å²) >= 11 is 0. The zero-order valence-corrected chi connectivity index (χ0v) is 10.5. The van der Waals surface area contributed by atoms with Gasteiger partial charge in [0, 0.05) is 46.0 Å². The number of aryl methyl sites for hydroxylation is 1. The molecule has 2 N–H and O–H groups in total. The normalized spacial score (nSPS) is 26.3. The van der Waals surface area contributed by atoms with Crippen molar-refractivity contribution in [2.75, 3.05) is 20.2 Å². The van der Waals surface area contributed by atoms with Gasteiger partial charge in [0.25, 0.3) is 0 Å². The molecule has 17 heavy (non-hydrogen) atoms. The van der Waals surface area contributed by atoms with Gasteiger partial charge in [0.05, 0.1) is 11.8 Å². The number of hydrogen-bond acceptors (Lipinski definition) is 5. The second-order valence-electron chi connectivity index (χ2n) is 4.63. The van der Waals surface area contributed by atoms with Crippen LogP contribution in [0.3, 0.4) is 0 Å². The van der Waals surface area contributed by atoms with Crippen molar-refractivity contribution in [3.63, 3.8) is 0 Å². The standard InChI is InChI=1S/C11H21N5O/c1-15-7-9(13-14-15)8-16-4-3-11(17-2)5-10(16)6-12/h7,10-11H,3-6,8,12H2,1-2H3. The van der Waals surface area contributed by atoms with Crippen molar-refractivity contribution < 1.29 is 4.74 Å². The monoisotopic (exact) mass is 239 g/mol. The molecule has 0 aliphatic carbocycles. The van der Waals surface area contributed by atoms with E-state index in [2.05, 4.69) is 15.2 Å². The molecular formula is C11H21N5O. The van der Waals surface area contributed by atoms with Crippen LogP contribution in [0.4, 0.5) is 0 Å². The van der Waals surface area contributed by atoms with Gasteiger partial charge >= 0.3 is 0 Å². The Morgan fingerprint density at radius 1 is 1.59 bits per heavy atom. The Morgan fingerprint density at radius 2 is 2.41 bits per heavy atom. The molecule has 0 radical (unpaired) electrons. The summed E-state index contributed by atoms with van der Waals surface area (Å²) in [5.41, 5.74) is 6.83. The highest BCUT2D eigenvalue weighted by atomic mass is 16.5. The first-order valence-electron chi connectivity index (χ1n) is 6.05. The summed E-state index contributed by atoms with van der Waals surface area (Å²) in [5, 5.41) is 8.07. The molecule has 2 rings (SSSR count). The number of nitrogens with two attached hydrogens (primary N) is 1. The highest BCUT2D eigenvalue weighted by Gasteiger charge is 2.27. The molecule has 0 saturated carbocycles. The van der Waals surface area contributed by atoms with Crippen LogP contribution >= 0.6 is 0 Å². The van der Waals surface area contributed by atoms with E-state index in [1.807, 2.05) is 13.2 Å². The van der Waals surface area contributed by atoms with Gasteiger partial charge in [0.2, 0.25) is 0 Å². The van der Waals surface area contributed by atoms with Gasteiger partial charge in [0.1, 0.15) is 0 Å². The van der Waals surface area contributed by atoms with E-state index in [4.69, 9.17) is 10.5 Å². The van der Waals surface area contributed by atoms with Crippen molar-refractivity contribution in [1.29, 1.82) is 0 Å². The topological polar surface area (TPSA) is 69.2 Å². The Labute approximate surface area is 102 Å². The molecule has 6 heteroatoms. The third kappa shape index (κ3) is 3.02. The van der Waals surface area contributed by atoms with Crippen LogP contribution in [0.1, 0.15) is 18.5 Å². The average molecular weight is 239 g/mol. The second-order valence-corrected chi connectivity index (χ2v) is 4.63. The van der Waals surface area contributed by atoms with E-state index in [1.165, 1.54) is 0 Å². The first-order valence-corrected chi connectivity index (χ1v) is 6.05. The van der Waals surface area contributed by atoms with Crippen LogP contribution in [0.25, 0.3) is 0 Å². The lowest BCUT2D eigenvalue weighted by molar-refractivity contribution is 0.00977. The molecule has 2 atom stereocenters. The van der Waals surface area contributed by atoms with Crippen molar-refractivity contribution in [3.8, 4) is 0 Å². The van der Waals surface area contributed by atoms with Gasteiger partial charge in [-0.25, -0.2) is 0 Å². The van der Waals surface area contributed by atoms with E-state index >= 15 is 0 Å². The molecule has 1 aromatic heterocycles. The van der Waals surface area contributed by atoms with Crippen LogP contribution in [-0.2, 0) is 18.3 Å². The molecule has 0 spiro atoms. The smallest absolute Gasteiger partial charge is 0.0967 e.